The molecule has 36 heavy (non-hydrogen) atoms. The van der Waals surface area contributed by atoms with E-state index in [0.717, 1.165) is 74.1 Å². The summed E-state index contributed by atoms with van der Waals surface area (Å²) < 4.78 is 0. The molecule has 3 heterocycles. The van der Waals surface area contributed by atoms with Gasteiger partial charge in [-0.1, -0.05) is 17.3 Å². The van der Waals surface area contributed by atoms with Crippen molar-refractivity contribution in [2.45, 2.75) is 50.5 Å². The molecular formula is C27H31N7O2. The van der Waals surface area contributed by atoms with Crippen LogP contribution in [0.2, 0.25) is 0 Å². The van der Waals surface area contributed by atoms with Crippen molar-refractivity contribution in [3.8, 4) is 0 Å². The lowest BCUT2D eigenvalue weighted by molar-refractivity contribution is 0.0644. The summed E-state index contributed by atoms with van der Waals surface area (Å²) in [6.07, 6.45) is 4.15. The number of aromatic nitrogens is 4. The fraction of sp³-hybridized carbons (Fsp3) is 0.444. The summed E-state index contributed by atoms with van der Waals surface area (Å²) in [4.78, 5) is 29.8. The van der Waals surface area contributed by atoms with E-state index >= 15 is 0 Å². The first-order valence-electron chi connectivity index (χ1n) is 12.8. The average Bonchev–Trinajstić information content (AvgIpc) is 3.30. The zero-order valence-corrected chi connectivity index (χ0v) is 20.5. The second-order valence-corrected chi connectivity index (χ2v) is 10.4. The number of aromatic amines is 1. The molecule has 3 N–H and O–H groups in total. The Balaban J connectivity index is 1.52. The van der Waals surface area contributed by atoms with Crippen molar-refractivity contribution < 1.29 is 9.59 Å². The predicted molar refractivity (Wildman–Crippen MR) is 134 cm³/mol. The van der Waals surface area contributed by atoms with Crippen LogP contribution in [0.4, 0.5) is 0 Å². The SMILES string of the molecule is C[C@H](N)CC1(c2nn[nH]n2)c2ccc(C(=O)N3CCC3)cc2CCc2cc(C(=O)N3CCC3)ccc21. The van der Waals surface area contributed by atoms with Crippen LogP contribution in [-0.4, -0.2) is 74.5 Å². The van der Waals surface area contributed by atoms with Crippen LogP contribution in [0.15, 0.2) is 36.4 Å². The molecule has 3 aliphatic rings. The Kier molecular flexibility index (Phi) is 5.59. The largest absolute Gasteiger partial charge is 0.339 e. The van der Waals surface area contributed by atoms with E-state index in [1.54, 1.807) is 0 Å². The number of fused-ring (bicyclic) bond motifs is 2. The summed E-state index contributed by atoms with van der Waals surface area (Å²) in [5, 5.41) is 15.5. The molecule has 2 saturated heterocycles. The number of likely N-dealkylation sites (tertiary alicyclic amines) is 2. The van der Waals surface area contributed by atoms with Gasteiger partial charge in [0.25, 0.3) is 11.8 Å². The Morgan fingerprint density at radius 1 is 0.944 bits per heavy atom. The first-order chi connectivity index (χ1) is 17.5. The number of nitrogens with zero attached hydrogens (tertiary/aromatic N) is 5. The van der Waals surface area contributed by atoms with Crippen molar-refractivity contribution >= 4 is 11.8 Å². The number of nitrogens with one attached hydrogen (secondary N) is 1. The fourth-order valence-corrected chi connectivity index (χ4v) is 5.90. The van der Waals surface area contributed by atoms with Crippen LogP contribution in [0.5, 0.6) is 0 Å². The van der Waals surface area contributed by atoms with E-state index in [1.807, 2.05) is 41.0 Å². The molecule has 6 rings (SSSR count). The number of aryl methyl sites for hydroxylation is 2. The van der Waals surface area contributed by atoms with Gasteiger partial charge in [0, 0.05) is 43.3 Å². The van der Waals surface area contributed by atoms with Crippen molar-refractivity contribution in [3.05, 3.63) is 75.6 Å². The third-order valence-electron chi connectivity index (χ3n) is 7.93. The van der Waals surface area contributed by atoms with Gasteiger partial charge in [-0.2, -0.15) is 5.21 Å². The zero-order valence-electron chi connectivity index (χ0n) is 20.5. The number of nitrogens with two attached hydrogens (primary N) is 1. The van der Waals surface area contributed by atoms with E-state index < -0.39 is 5.41 Å². The highest BCUT2D eigenvalue weighted by Crippen LogP contribution is 2.46. The van der Waals surface area contributed by atoms with E-state index in [9.17, 15) is 9.59 Å². The zero-order chi connectivity index (χ0) is 24.9. The van der Waals surface area contributed by atoms with Crippen LogP contribution < -0.4 is 5.73 Å². The summed E-state index contributed by atoms with van der Waals surface area (Å²) in [6, 6.07) is 11.8. The van der Waals surface area contributed by atoms with Crippen molar-refractivity contribution in [3.63, 3.8) is 0 Å². The van der Waals surface area contributed by atoms with Crippen molar-refractivity contribution in [1.82, 2.24) is 30.4 Å². The van der Waals surface area contributed by atoms with E-state index in [0.29, 0.717) is 23.4 Å². The number of tetrazole rings is 1. The molecule has 9 nitrogen and oxygen atoms in total. The molecule has 1 aliphatic carbocycles. The van der Waals surface area contributed by atoms with Gasteiger partial charge in [0.1, 0.15) is 0 Å². The molecule has 186 valence electrons. The molecule has 2 aromatic carbocycles. The molecule has 0 bridgehead atoms. The van der Waals surface area contributed by atoms with Crippen molar-refractivity contribution in [2.75, 3.05) is 26.2 Å². The third kappa shape index (κ3) is 3.61. The molecule has 0 saturated carbocycles. The highest BCUT2D eigenvalue weighted by Gasteiger charge is 2.45. The lowest BCUT2D eigenvalue weighted by atomic mass is 9.68. The molecule has 1 atom stereocenters. The third-order valence-corrected chi connectivity index (χ3v) is 7.93. The molecule has 9 heteroatoms. The number of H-pyrrole nitrogens is 1. The molecule has 0 spiro atoms. The number of carbonyl (C=O) groups is 2. The topological polar surface area (TPSA) is 121 Å². The Morgan fingerprint density at radius 2 is 1.47 bits per heavy atom. The Labute approximate surface area is 210 Å². The van der Waals surface area contributed by atoms with Crippen LogP contribution in [0.1, 0.15) is 75.0 Å². The molecule has 2 amide bonds. The van der Waals surface area contributed by atoms with E-state index in [2.05, 4.69) is 32.8 Å². The number of amides is 2. The number of benzene rings is 2. The molecular weight excluding hydrogens is 454 g/mol. The quantitative estimate of drug-likeness (QED) is 0.571. The van der Waals surface area contributed by atoms with E-state index in [4.69, 9.17) is 5.73 Å². The summed E-state index contributed by atoms with van der Waals surface area (Å²) in [5.74, 6) is 0.698. The smallest absolute Gasteiger partial charge is 0.253 e. The van der Waals surface area contributed by atoms with Gasteiger partial charge in [-0.3, -0.25) is 9.59 Å². The molecule has 2 fully saturated rings. The highest BCUT2D eigenvalue weighted by atomic mass is 16.2. The predicted octanol–water partition coefficient (Wildman–Crippen LogP) is 2.06. The van der Waals surface area contributed by atoms with Crippen LogP contribution in [-0.2, 0) is 18.3 Å². The monoisotopic (exact) mass is 485 g/mol. The van der Waals surface area contributed by atoms with Gasteiger partial charge in [-0.25, -0.2) is 0 Å². The number of hydrogen-bond acceptors (Lipinski definition) is 6. The van der Waals surface area contributed by atoms with Gasteiger partial charge >= 0.3 is 0 Å². The van der Waals surface area contributed by atoms with Gasteiger partial charge in [-0.05, 0) is 85.5 Å². The van der Waals surface area contributed by atoms with Gasteiger partial charge in [0.2, 0.25) is 0 Å². The molecule has 3 aromatic rings. The minimum atomic E-state index is -0.751. The number of carbonyl (C=O) groups excluding carboxylic acids is 2. The van der Waals surface area contributed by atoms with Gasteiger partial charge in [0.15, 0.2) is 5.82 Å². The number of hydrogen-bond donors (Lipinski definition) is 2. The minimum Gasteiger partial charge on any atom is -0.339 e. The second kappa shape index (κ2) is 8.81. The van der Waals surface area contributed by atoms with E-state index in [-0.39, 0.29) is 17.9 Å². The van der Waals surface area contributed by atoms with Gasteiger partial charge in [0.05, 0.1) is 5.41 Å². The molecule has 0 unspecified atom stereocenters. The molecule has 2 aliphatic heterocycles. The summed E-state index contributed by atoms with van der Waals surface area (Å²) in [6.45, 7) is 5.23. The minimum absolute atomic E-state index is 0.0746. The highest BCUT2D eigenvalue weighted by molar-refractivity contribution is 5.96. The normalized spacial score (nSPS) is 18.8. The number of rotatable bonds is 5. The maximum Gasteiger partial charge on any atom is 0.253 e. The van der Waals surface area contributed by atoms with E-state index in [1.165, 1.54) is 0 Å². The van der Waals surface area contributed by atoms with Crippen LogP contribution in [0, 0.1) is 0 Å². The van der Waals surface area contributed by atoms with Crippen LogP contribution in [0.3, 0.4) is 0 Å². The van der Waals surface area contributed by atoms with Gasteiger partial charge in [-0.15, -0.1) is 10.2 Å². The summed E-state index contributed by atoms with van der Waals surface area (Å²) in [7, 11) is 0. The van der Waals surface area contributed by atoms with Gasteiger partial charge < -0.3 is 15.5 Å². The maximum atomic E-state index is 13.0. The Hall–Kier alpha value is -3.59. The van der Waals surface area contributed by atoms with Crippen LogP contribution >= 0.6 is 0 Å². The first-order valence-corrected chi connectivity index (χ1v) is 12.8. The van der Waals surface area contributed by atoms with Crippen molar-refractivity contribution in [1.29, 1.82) is 0 Å². The average molecular weight is 486 g/mol. The lowest BCUT2D eigenvalue weighted by Gasteiger charge is -2.36. The van der Waals surface area contributed by atoms with Crippen molar-refractivity contribution in [2.24, 2.45) is 5.73 Å². The first kappa shape index (κ1) is 22.8. The lowest BCUT2D eigenvalue weighted by Crippen LogP contribution is -2.42. The Morgan fingerprint density at radius 3 is 1.86 bits per heavy atom. The molecule has 1 aromatic heterocycles. The molecule has 0 radical (unpaired) electrons. The second-order valence-electron chi connectivity index (χ2n) is 10.4. The fourth-order valence-electron chi connectivity index (χ4n) is 5.90. The Bertz CT molecular complexity index is 1230. The summed E-state index contributed by atoms with van der Waals surface area (Å²) >= 11 is 0. The summed E-state index contributed by atoms with van der Waals surface area (Å²) in [5.41, 5.74) is 11.4. The standard InChI is InChI=1S/C27H31N7O2/c1-17(28)16-27(26-29-31-32-30-26)22-8-6-20(24(35)33-10-2-11-33)14-18(22)4-5-19-15-21(7-9-23(19)27)25(36)34-12-3-13-34/h6-9,14-15,17H,2-5,10-13,16,28H2,1H3,(H,29,30,31,32)/t17-/m0/s1. The van der Waals surface area contributed by atoms with Crippen LogP contribution in [0.25, 0.3) is 0 Å². The maximum absolute atomic E-state index is 13.0.